The molecule has 0 spiro atoms. The lowest BCUT2D eigenvalue weighted by Crippen LogP contribution is -2.45. The molecule has 0 unspecified atom stereocenters. The van der Waals surface area contributed by atoms with E-state index in [0.717, 1.165) is 0 Å². The third kappa shape index (κ3) is 1.69. The Hall–Kier alpha value is -3.02. The Kier molecular flexibility index (Phi) is 2.81. The zero-order valence-electron chi connectivity index (χ0n) is 12.6. The second-order valence-electron chi connectivity index (χ2n) is 5.33. The fourth-order valence-corrected chi connectivity index (χ4v) is 3.24. The minimum absolute atomic E-state index is 0.197. The van der Waals surface area contributed by atoms with E-state index in [-0.39, 0.29) is 11.8 Å². The summed E-state index contributed by atoms with van der Waals surface area (Å²) in [4.78, 5) is 26.9. The summed E-state index contributed by atoms with van der Waals surface area (Å²) in [6.45, 7) is 0. The van der Waals surface area contributed by atoms with Gasteiger partial charge in [-0.25, -0.2) is 0 Å². The van der Waals surface area contributed by atoms with E-state index in [0.29, 0.717) is 33.9 Å². The topological polar surface area (TPSA) is 67.9 Å². The molecule has 6 nitrogen and oxygen atoms in total. The maximum absolute atomic E-state index is 13.0. The minimum atomic E-state index is -0.528. The van der Waals surface area contributed by atoms with Crippen molar-refractivity contribution in [1.82, 2.24) is 5.32 Å². The Morgan fingerprint density at radius 2 is 1.83 bits per heavy atom. The van der Waals surface area contributed by atoms with Crippen LogP contribution in [0.25, 0.3) is 0 Å². The van der Waals surface area contributed by atoms with E-state index < -0.39 is 6.17 Å². The summed E-state index contributed by atoms with van der Waals surface area (Å²) in [6, 6.07) is 10.6. The van der Waals surface area contributed by atoms with Crippen molar-refractivity contribution in [3.05, 3.63) is 53.1 Å². The number of carbonyl (C=O) groups is 2. The predicted molar refractivity (Wildman–Crippen MR) is 83.0 cm³/mol. The molecule has 4 rings (SSSR count). The van der Waals surface area contributed by atoms with Gasteiger partial charge in [-0.05, 0) is 18.2 Å². The molecular weight excluding hydrogens is 296 g/mol. The van der Waals surface area contributed by atoms with Gasteiger partial charge in [0.15, 0.2) is 11.5 Å². The molecule has 1 atom stereocenters. The van der Waals surface area contributed by atoms with Crippen molar-refractivity contribution in [3.63, 3.8) is 0 Å². The molecule has 0 aliphatic carbocycles. The quantitative estimate of drug-likeness (QED) is 0.922. The van der Waals surface area contributed by atoms with E-state index in [1.807, 2.05) is 6.07 Å². The Labute approximate surface area is 132 Å². The first-order valence-electron chi connectivity index (χ1n) is 7.15. The first kappa shape index (κ1) is 13.6. The van der Waals surface area contributed by atoms with Crippen molar-refractivity contribution in [2.24, 2.45) is 0 Å². The molecule has 0 saturated heterocycles. The highest BCUT2D eigenvalue weighted by Gasteiger charge is 2.45. The molecule has 0 aromatic heterocycles. The van der Waals surface area contributed by atoms with Crippen molar-refractivity contribution in [3.8, 4) is 11.5 Å². The lowest BCUT2D eigenvalue weighted by molar-refractivity contribution is 0.0912. The van der Waals surface area contributed by atoms with E-state index in [2.05, 4.69) is 5.32 Å². The number of hydrogen-bond donors (Lipinski definition) is 1. The van der Waals surface area contributed by atoms with E-state index in [4.69, 9.17) is 9.47 Å². The SMILES string of the molecule is COc1ccc2c(c1OC)C(=O)N1c3ccccc3C(=O)N[C@H]21. The number of nitrogens with one attached hydrogen (secondary N) is 1. The van der Waals surface area contributed by atoms with Crippen LogP contribution in [0.3, 0.4) is 0 Å². The largest absolute Gasteiger partial charge is 0.493 e. The molecule has 0 radical (unpaired) electrons. The van der Waals surface area contributed by atoms with E-state index in [9.17, 15) is 9.59 Å². The normalized spacial score (nSPS) is 18.0. The molecule has 23 heavy (non-hydrogen) atoms. The van der Waals surface area contributed by atoms with Gasteiger partial charge < -0.3 is 14.8 Å². The van der Waals surface area contributed by atoms with Crippen LogP contribution in [0, 0.1) is 0 Å². The first-order valence-corrected chi connectivity index (χ1v) is 7.15. The summed E-state index contributed by atoms with van der Waals surface area (Å²) in [5, 5.41) is 2.88. The summed E-state index contributed by atoms with van der Waals surface area (Å²) in [6.07, 6.45) is -0.528. The molecule has 2 aliphatic heterocycles. The number of methoxy groups -OCH3 is 2. The maximum Gasteiger partial charge on any atom is 0.264 e. The summed E-state index contributed by atoms with van der Waals surface area (Å²) < 4.78 is 10.7. The zero-order valence-corrected chi connectivity index (χ0v) is 12.6. The van der Waals surface area contributed by atoms with Crippen molar-refractivity contribution in [2.45, 2.75) is 6.17 Å². The van der Waals surface area contributed by atoms with E-state index >= 15 is 0 Å². The predicted octanol–water partition coefficient (Wildman–Crippen LogP) is 2.11. The number of benzene rings is 2. The third-order valence-corrected chi connectivity index (χ3v) is 4.24. The highest BCUT2D eigenvalue weighted by atomic mass is 16.5. The molecule has 1 N–H and O–H groups in total. The summed E-state index contributed by atoms with van der Waals surface area (Å²) >= 11 is 0. The lowest BCUT2D eigenvalue weighted by atomic mass is 10.0. The maximum atomic E-state index is 13.0. The number of hydrogen-bond acceptors (Lipinski definition) is 4. The smallest absolute Gasteiger partial charge is 0.264 e. The van der Waals surface area contributed by atoms with Gasteiger partial charge in [0, 0.05) is 5.56 Å². The fourth-order valence-electron chi connectivity index (χ4n) is 3.24. The fraction of sp³-hybridized carbons (Fsp3) is 0.176. The molecule has 2 aromatic carbocycles. The van der Waals surface area contributed by atoms with Crippen LogP contribution < -0.4 is 19.7 Å². The van der Waals surface area contributed by atoms with Gasteiger partial charge in [0.2, 0.25) is 0 Å². The first-order chi connectivity index (χ1) is 11.2. The van der Waals surface area contributed by atoms with Crippen molar-refractivity contribution in [2.75, 3.05) is 19.1 Å². The van der Waals surface area contributed by atoms with Gasteiger partial charge in [-0.3, -0.25) is 14.5 Å². The number of nitrogens with zero attached hydrogens (tertiary/aromatic N) is 1. The van der Waals surface area contributed by atoms with Crippen LogP contribution in [0.2, 0.25) is 0 Å². The molecule has 2 amide bonds. The molecule has 2 aliphatic rings. The monoisotopic (exact) mass is 310 g/mol. The Morgan fingerprint density at radius 1 is 1.04 bits per heavy atom. The van der Waals surface area contributed by atoms with Crippen LogP contribution in [0.5, 0.6) is 11.5 Å². The molecule has 0 saturated carbocycles. The van der Waals surface area contributed by atoms with Crippen LogP contribution in [0.1, 0.15) is 32.4 Å². The molecule has 2 heterocycles. The highest BCUT2D eigenvalue weighted by Crippen LogP contribution is 2.46. The molecule has 2 aromatic rings. The number of amides is 2. The average molecular weight is 310 g/mol. The molecular formula is C17H14N2O4. The number of fused-ring (bicyclic) bond motifs is 5. The van der Waals surface area contributed by atoms with Gasteiger partial charge in [-0.1, -0.05) is 18.2 Å². The Balaban J connectivity index is 1.95. The molecule has 0 fully saturated rings. The van der Waals surface area contributed by atoms with E-state index in [1.54, 1.807) is 35.2 Å². The number of para-hydroxylation sites is 1. The number of carbonyl (C=O) groups excluding carboxylic acids is 2. The van der Waals surface area contributed by atoms with Crippen LogP contribution >= 0.6 is 0 Å². The third-order valence-electron chi connectivity index (χ3n) is 4.24. The van der Waals surface area contributed by atoms with Gasteiger partial charge >= 0.3 is 0 Å². The minimum Gasteiger partial charge on any atom is -0.493 e. The van der Waals surface area contributed by atoms with Gasteiger partial charge in [-0.15, -0.1) is 0 Å². The summed E-state index contributed by atoms with van der Waals surface area (Å²) in [5.41, 5.74) is 2.21. The van der Waals surface area contributed by atoms with Gasteiger partial charge in [0.1, 0.15) is 6.17 Å². The molecule has 6 heteroatoms. The summed E-state index contributed by atoms with van der Waals surface area (Å²) in [5.74, 6) is 0.459. The number of anilines is 1. The highest BCUT2D eigenvalue weighted by molar-refractivity contribution is 6.18. The standard InChI is InChI=1S/C17H14N2O4/c1-22-12-8-7-10-13(14(12)23-2)17(21)19-11-6-4-3-5-9(11)16(20)18-15(10)19/h3-8,15H,1-2H3,(H,18,20)/t15-/m0/s1. The lowest BCUT2D eigenvalue weighted by Gasteiger charge is -2.32. The van der Waals surface area contributed by atoms with Gasteiger partial charge in [0.05, 0.1) is 31.0 Å². The van der Waals surface area contributed by atoms with Crippen molar-refractivity contribution < 1.29 is 19.1 Å². The Bertz CT molecular complexity index is 846. The number of rotatable bonds is 2. The van der Waals surface area contributed by atoms with Crippen LogP contribution in [-0.4, -0.2) is 26.0 Å². The number of ether oxygens (including phenoxy) is 2. The van der Waals surface area contributed by atoms with Gasteiger partial charge in [0.25, 0.3) is 11.8 Å². The van der Waals surface area contributed by atoms with Crippen LogP contribution in [-0.2, 0) is 0 Å². The average Bonchev–Trinajstić information content (AvgIpc) is 2.87. The van der Waals surface area contributed by atoms with Crippen molar-refractivity contribution in [1.29, 1.82) is 0 Å². The Morgan fingerprint density at radius 3 is 2.57 bits per heavy atom. The van der Waals surface area contributed by atoms with Gasteiger partial charge in [-0.2, -0.15) is 0 Å². The van der Waals surface area contributed by atoms with E-state index in [1.165, 1.54) is 14.2 Å². The van der Waals surface area contributed by atoms with Crippen molar-refractivity contribution >= 4 is 17.5 Å². The zero-order chi connectivity index (χ0) is 16.1. The molecule has 116 valence electrons. The molecule has 0 bridgehead atoms. The summed E-state index contributed by atoms with van der Waals surface area (Å²) in [7, 11) is 3.02. The second-order valence-corrected chi connectivity index (χ2v) is 5.33. The second kappa shape index (κ2) is 4.74. The van der Waals surface area contributed by atoms with Crippen LogP contribution in [0.4, 0.5) is 5.69 Å². The van der Waals surface area contributed by atoms with Crippen LogP contribution in [0.15, 0.2) is 36.4 Å².